The maximum atomic E-state index is 12.1. The summed E-state index contributed by atoms with van der Waals surface area (Å²) < 4.78 is 5.64. The van der Waals surface area contributed by atoms with Crippen LogP contribution in [0.3, 0.4) is 0 Å². The summed E-state index contributed by atoms with van der Waals surface area (Å²) in [7, 11) is 0. The highest BCUT2D eigenvalue weighted by Gasteiger charge is 2.27. The number of benzene rings is 1. The number of fused-ring (bicyclic) bond motifs is 2. The summed E-state index contributed by atoms with van der Waals surface area (Å²) in [6, 6.07) is 3.80. The number of aliphatic hydroxyl groups is 1. The van der Waals surface area contributed by atoms with Crippen LogP contribution in [0.25, 0.3) is 11.0 Å². The maximum absolute atomic E-state index is 12.1. The number of aryl methyl sites for hydroxylation is 3. The fourth-order valence-electron chi connectivity index (χ4n) is 4.16. The largest absolute Gasteiger partial charge is 0.422 e. The van der Waals surface area contributed by atoms with Crippen molar-refractivity contribution in [3.63, 3.8) is 0 Å². The monoisotopic (exact) mass is 325 g/mol. The smallest absolute Gasteiger partial charge is 0.336 e. The Kier molecular flexibility index (Phi) is 3.93. The average Bonchev–Trinajstić information content (AvgIpc) is 2.60. The SMILES string of the molecule is C=CC(O)CCc1cc(=O)oc2c3c4c(cc12)CCCN4CCC3. The van der Waals surface area contributed by atoms with Crippen molar-refractivity contribution in [2.45, 2.75) is 44.6 Å². The fourth-order valence-corrected chi connectivity index (χ4v) is 4.16. The normalized spacial score (nSPS) is 17.6. The third kappa shape index (κ3) is 2.55. The molecule has 1 unspecified atom stereocenters. The Morgan fingerprint density at radius 3 is 2.88 bits per heavy atom. The van der Waals surface area contributed by atoms with E-state index < -0.39 is 6.10 Å². The molecule has 1 N–H and O–H groups in total. The number of hydrogen-bond donors (Lipinski definition) is 1. The van der Waals surface area contributed by atoms with Gasteiger partial charge >= 0.3 is 5.63 Å². The Hall–Kier alpha value is -2.07. The van der Waals surface area contributed by atoms with Crippen molar-refractivity contribution in [3.8, 4) is 0 Å². The van der Waals surface area contributed by atoms with Gasteiger partial charge in [-0.3, -0.25) is 0 Å². The molecule has 2 aliphatic heterocycles. The molecule has 0 spiro atoms. The van der Waals surface area contributed by atoms with Crippen molar-refractivity contribution >= 4 is 16.7 Å². The van der Waals surface area contributed by atoms with Crippen molar-refractivity contribution in [3.05, 3.63) is 51.9 Å². The van der Waals surface area contributed by atoms with Gasteiger partial charge < -0.3 is 14.4 Å². The van der Waals surface area contributed by atoms with Gasteiger partial charge in [-0.05, 0) is 55.7 Å². The number of rotatable bonds is 4. The lowest BCUT2D eigenvalue weighted by molar-refractivity contribution is 0.213. The summed E-state index contributed by atoms with van der Waals surface area (Å²) in [5.41, 5.74) is 5.33. The van der Waals surface area contributed by atoms with Gasteiger partial charge in [-0.1, -0.05) is 6.08 Å². The minimum atomic E-state index is -0.543. The third-order valence-corrected chi connectivity index (χ3v) is 5.29. The van der Waals surface area contributed by atoms with Gasteiger partial charge in [-0.15, -0.1) is 6.58 Å². The van der Waals surface area contributed by atoms with Crippen LogP contribution in [-0.4, -0.2) is 24.3 Å². The molecule has 2 aromatic rings. The van der Waals surface area contributed by atoms with Gasteiger partial charge in [0.05, 0.1) is 6.10 Å². The van der Waals surface area contributed by atoms with Gasteiger partial charge in [0.2, 0.25) is 0 Å². The van der Waals surface area contributed by atoms with E-state index in [9.17, 15) is 9.90 Å². The zero-order valence-electron chi connectivity index (χ0n) is 13.9. The molecule has 4 nitrogen and oxygen atoms in total. The second-order valence-corrected chi connectivity index (χ2v) is 6.87. The summed E-state index contributed by atoms with van der Waals surface area (Å²) >= 11 is 0. The van der Waals surface area contributed by atoms with Crippen LogP contribution < -0.4 is 10.5 Å². The van der Waals surface area contributed by atoms with E-state index in [2.05, 4.69) is 17.5 Å². The maximum Gasteiger partial charge on any atom is 0.336 e. The first kappa shape index (κ1) is 15.5. The molecule has 4 rings (SSSR count). The summed E-state index contributed by atoms with van der Waals surface area (Å²) in [6.07, 6.45) is 6.56. The number of anilines is 1. The summed E-state index contributed by atoms with van der Waals surface area (Å²) in [5.74, 6) is 0. The molecule has 2 aliphatic rings. The van der Waals surface area contributed by atoms with Gasteiger partial charge in [0.15, 0.2) is 0 Å². The van der Waals surface area contributed by atoms with E-state index in [-0.39, 0.29) is 5.63 Å². The Bertz CT molecular complexity index is 850. The molecule has 4 heteroatoms. The molecule has 0 bridgehead atoms. The molecular weight excluding hydrogens is 302 g/mol. The van der Waals surface area contributed by atoms with E-state index >= 15 is 0 Å². The van der Waals surface area contributed by atoms with Gasteiger partial charge in [0.25, 0.3) is 0 Å². The van der Waals surface area contributed by atoms with Crippen LogP contribution in [0.4, 0.5) is 5.69 Å². The highest BCUT2D eigenvalue weighted by atomic mass is 16.4. The van der Waals surface area contributed by atoms with Crippen LogP contribution in [0.1, 0.15) is 36.0 Å². The van der Waals surface area contributed by atoms with E-state index in [0.717, 1.165) is 48.9 Å². The minimum Gasteiger partial charge on any atom is -0.422 e. The van der Waals surface area contributed by atoms with Crippen LogP contribution in [0.2, 0.25) is 0 Å². The van der Waals surface area contributed by atoms with Crippen molar-refractivity contribution in [1.82, 2.24) is 0 Å². The summed E-state index contributed by atoms with van der Waals surface area (Å²) in [4.78, 5) is 14.5. The molecule has 126 valence electrons. The molecule has 1 aromatic heterocycles. The molecule has 1 aromatic carbocycles. The van der Waals surface area contributed by atoms with E-state index in [0.29, 0.717) is 12.8 Å². The Labute approximate surface area is 141 Å². The standard InChI is InChI=1S/C20H23NO3/c1-2-15(22)8-7-13-12-18(23)24-20-16-6-4-10-21-9-3-5-14(19(16)21)11-17(13)20/h2,11-12,15,22H,1,3-10H2. The molecule has 1 atom stereocenters. The molecule has 0 fully saturated rings. The predicted octanol–water partition coefficient (Wildman–Crippen LogP) is 2.97. The lowest BCUT2D eigenvalue weighted by Gasteiger charge is -2.37. The Balaban J connectivity index is 1.89. The second kappa shape index (κ2) is 6.10. The number of hydrogen-bond acceptors (Lipinski definition) is 4. The van der Waals surface area contributed by atoms with E-state index in [1.54, 1.807) is 6.07 Å². The zero-order chi connectivity index (χ0) is 16.7. The molecule has 24 heavy (non-hydrogen) atoms. The Morgan fingerprint density at radius 2 is 2.08 bits per heavy atom. The summed E-state index contributed by atoms with van der Waals surface area (Å²) in [6.45, 7) is 5.81. The van der Waals surface area contributed by atoms with E-state index in [1.165, 1.54) is 29.3 Å². The molecule has 0 radical (unpaired) electrons. The average molecular weight is 325 g/mol. The van der Waals surface area contributed by atoms with Crippen molar-refractivity contribution < 1.29 is 9.52 Å². The molecular formula is C20H23NO3. The van der Waals surface area contributed by atoms with Gasteiger partial charge in [0.1, 0.15) is 5.58 Å². The molecule has 0 aliphatic carbocycles. The molecule has 3 heterocycles. The van der Waals surface area contributed by atoms with Gasteiger partial charge in [-0.2, -0.15) is 0 Å². The first-order valence-corrected chi connectivity index (χ1v) is 8.84. The second-order valence-electron chi connectivity index (χ2n) is 6.87. The van der Waals surface area contributed by atoms with Gasteiger partial charge in [-0.25, -0.2) is 4.79 Å². The van der Waals surface area contributed by atoms with Crippen LogP contribution in [0, 0.1) is 0 Å². The predicted molar refractivity (Wildman–Crippen MR) is 95.9 cm³/mol. The molecule has 0 saturated heterocycles. The fraction of sp³-hybridized carbons (Fsp3) is 0.450. The van der Waals surface area contributed by atoms with Crippen molar-refractivity contribution in [2.75, 3.05) is 18.0 Å². The van der Waals surface area contributed by atoms with Crippen LogP contribution in [0.5, 0.6) is 0 Å². The molecule has 0 saturated carbocycles. The lowest BCUT2D eigenvalue weighted by Crippen LogP contribution is -2.34. The number of nitrogens with zero attached hydrogens (tertiary/aromatic N) is 1. The minimum absolute atomic E-state index is 0.297. The van der Waals surface area contributed by atoms with Gasteiger partial charge in [0, 0.05) is 35.8 Å². The van der Waals surface area contributed by atoms with E-state index in [4.69, 9.17) is 4.42 Å². The Morgan fingerprint density at radius 1 is 1.29 bits per heavy atom. The topological polar surface area (TPSA) is 53.7 Å². The van der Waals surface area contributed by atoms with Crippen LogP contribution in [0.15, 0.2) is 34.0 Å². The first-order valence-electron chi connectivity index (χ1n) is 8.84. The highest BCUT2D eigenvalue weighted by molar-refractivity contribution is 5.90. The third-order valence-electron chi connectivity index (χ3n) is 5.29. The number of aliphatic hydroxyl groups excluding tert-OH is 1. The van der Waals surface area contributed by atoms with Crippen LogP contribution in [-0.2, 0) is 19.3 Å². The lowest BCUT2D eigenvalue weighted by atomic mass is 9.88. The van der Waals surface area contributed by atoms with Crippen molar-refractivity contribution in [1.29, 1.82) is 0 Å². The zero-order valence-corrected chi connectivity index (χ0v) is 13.9. The van der Waals surface area contributed by atoms with E-state index in [1.807, 2.05) is 0 Å². The van der Waals surface area contributed by atoms with Crippen LogP contribution >= 0.6 is 0 Å². The quantitative estimate of drug-likeness (QED) is 0.693. The highest BCUT2D eigenvalue weighted by Crippen LogP contribution is 2.40. The summed E-state index contributed by atoms with van der Waals surface area (Å²) in [5, 5.41) is 10.8. The van der Waals surface area contributed by atoms with Crippen molar-refractivity contribution in [2.24, 2.45) is 0 Å². The first-order chi connectivity index (χ1) is 11.7. The molecule has 0 amide bonds.